The van der Waals surface area contributed by atoms with Gasteiger partial charge in [0.15, 0.2) is 0 Å². The maximum absolute atomic E-state index is 10.8. The number of nitrogens with zero attached hydrogens (tertiary/aromatic N) is 1. The number of carboxylic acids is 1. The van der Waals surface area contributed by atoms with Gasteiger partial charge in [-0.15, -0.1) is 0 Å². The summed E-state index contributed by atoms with van der Waals surface area (Å²) in [4.78, 5) is 13.1. The standard InChI is InChI=1S/C13H21NO3/c1-5-9(3)14(6-2)8-11-7-12(13(15)16)17-10(11)4/h7,9H,5-6,8H2,1-4H3,(H,15,16). The van der Waals surface area contributed by atoms with E-state index in [1.807, 2.05) is 6.92 Å². The number of aromatic carboxylic acids is 1. The highest BCUT2D eigenvalue weighted by Crippen LogP contribution is 2.18. The van der Waals surface area contributed by atoms with E-state index in [0.717, 1.165) is 25.1 Å². The molecule has 0 amide bonds. The number of carboxylic acid groups (broad SMARTS) is 1. The third-order valence-corrected chi connectivity index (χ3v) is 3.23. The molecule has 1 aromatic rings. The Morgan fingerprint density at radius 3 is 2.59 bits per heavy atom. The van der Waals surface area contributed by atoms with Gasteiger partial charge in [-0.25, -0.2) is 4.79 Å². The molecule has 1 N–H and O–H groups in total. The third kappa shape index (κ3) is 3.33. The predicted molar refractivity (Wildman–Crippen MR) is 66.2 cm³/mol. The van der Waals surface area contributed by atoms with Crippen molar-refractivity contribution in [1.29, 1.82) is 0 Å². The smallest absolute Gasteiger partial charge is 0.371 e. The molecule has 0 spiro atoms. The van der Waals surface area contributed by atoms with Crippen LogP contribution in [0.15, 0.2) is 10.5 Å². The fraction of sp³-hybridized carbons (Fsp3) is 0.615. The van der Waals surface area contributed by atoms with E-state index in [9.17, 15) is 4.79 Å². The monoisotopic (exact) mass is 239 g/mol. The molecule has 0 aliphatic heterocycles. The Morgan fingerprint density at radius 1 is 1.53 bits per heavy atom. The third-order valence-electron chi connectivity index (χ3n) is 3.23. The van der Waals surface area contributed by atoms with Crippen LogP contribution in [0.5, 0.6) is 0 Å². The van der Waals surface area contributed by atoms with Gasteiger partial charge >= 0.3 is 5.97 Å². The SMILES string of the molecule is CCC(C)N(CC)Cc1cc(C(=O)O)oc1C. The van der Waals surface area contributed by atoms with Crippen molar-refractivity contribution in [2.45, 2.75) is 46.7 Å². The lowest BCUT2D eigenvalue weighted by molar-refractivity contribution is 0.0661. The number of hydrogen-bond acceptors (Lipinski definition) is 3. The zero-order valence-corrected chi connectivity index (χ0v) is 11.0. The van der Waals surface area contributed by atoms with Crippen LogP contribution in [0.25, 0.3) is 0 Å². The predicted octanol–water partition coefficient (Wildman–Crippen LogP) is 2.91. The summed E-state index contributed by atoms with van der Waals surface area (Å²) in [5.41, 5.74) is 0.963. The molecule has 0 saturated carbocycles. The van der Waals surface area contributed by atoms with E-state index in [0.29, 0.717) is 11.8 Å². The van der Waals surface area contributed by atoms with Crippen molar-refractivity contribution in [3.05, 3.63) is 23.2 Å². The Hall–Kier alpha value is -1.29. The second-order valence-corrected chi connectivity index (χ2v) is 4.32. The molecule has 1 heterocycles. The summed E-state index contributed by atoms with van der Waals surface area (Å²) in [6, 6.07) is 2.12. The lowest BCUT2D eigenvalue weighted by Crippen LogP contribution is -2.31. The zero-order chi connectivity index (χ0) is 13.0. The minimum absolute atomic E-state index is 0.0257. The summed E-state index contributed by atoms with van der Waals surface area (Å²) in [7, 11) is 0. The Balaban J connectivity index is 2.82. The average Bonchev–Trinajstić information content (AvgIpc) is 2.67. The van der Waals surface area contributed by atoms with Crippen LogP contribution in [-0.2, 0) is 6.54 Å². The molecule has 1 atom stereocenters. The highest BCUT2D eigenvalue weighted by atomic mass is 16.4. The van der Waals surface area contributed by atoms with Crippen molar-refractivity contribution in [3.63, 3.8) is 0 Å². The molecule has 4 heteroatoms. The topological polar surface area (TPSA) is 53.7 Å². The van der Waals surface area contributed by atoms with Crippen molar-refractivity contribution in [2.24, 2.45) is 0 Å². The van der Waals surface area contributed by atoms with Gasteiger partial charge in [0.2, 0.25) is 5.76 Å². The quantitative estimate of drug-likeness (QED) is 0.829. The van der Waals surface area contributed by atoms with E-state index >= 15 is 0 Å². The van der Waals surface area contributed by atoms with Crippen molar-refractivity contribution in [1.82, 2.24) is 4.90 Å². The van der Waals surface area contributed by atoms with E-state index in [-0.39, 0.29) is 5.76 Å². The lowest BCUT2D eigenvalue weighted by Gasteiger charge is -2.26. The first-order valence-corrected chi connectivity index (χ1v) is 6.06. The van der Waals surface area contributed by atoms with Crippen molar-refractivity contribution >= 4 is 5.97 Å². The number of aryl methyl sites for hydroxylation is 1. The van der Waals surface area contributed by atoms with Crippen LogP contribution in [0, 0.1) is 6.92 Å². The Morgan fingerprint density at radius 2 is 2.18 bits per heavy atom. The molecule has 96 valence electrons. The van der Waals surface area contributed by atoms with Gasteiger partial charge in [-0.1, -0.05) is 13.8 Å². The van der Waals surface area contributed by atoms with Crippen LogP contribution < -0.4 is 0 Å². The molecule has 0 aliphatic carbocycles. The molecular formula is C13H21NO3. The van der Waals surface area contributed by atoms with Crippen LogP contribution in [0.4, 0.5) is 0 Å². The second kappa shape index (κ2) is 5.87. The Labute approximate surface area is 102 Å². The summed E-state index contributed by atoms with van der Waals surface area (Å²) < 4.78 is 5.21. The van der Waals surface area contributed by atoms with E-state index in [1.165, 1.54) is 0 Å². The minimum atomic E-state index is -1.01. The number of hydrogen-bond donors (Lipinski definition) is 1. The van der Waals surface area contributed by atoms with Gasteiger partial charge in [-0.05, 0) is 32.9 Å². The molecule has 17 heavy (non-hydrogen) atoms. The fourth-order valence-corrected chi connectivity index (χ4v) is 1.84. The van der Waals surface area contributed by atoms with Crippen LogP contribution >= 0.6 is 0 Å². The summed E-state index contributed by atoms with van der Waals surface area (Å²) in [6.45, 7) is 9.94. The van der Waals surface area contributed by atoms with Crippen molar-refractivity contribution < 1.29 is 14.3 Å². The summed E-state index contributed by atoms with van der Waals surface area (Å²) in [6.07, 6.45) is 1.08. The fourth-order valence-electron chi connectivity index (χ4n) is 1.84. The van der Waals surface area contributed by atoms with Gasteiger partial charge in [-0.2, -0.15) is 0 Å². The first kappa shape index (κ1) is 13.8. The largest absolute Gasteiger partial charge is 0.475 e. The van der Waals surface area contributed by atoms with E-state index in [4.69, 9.17) is 9.52 Å². The average molecular weight is 239 g/mol. The molecule has 0 saturated heterocycles. The molecule has 0 bridgehead atoms. The number of carbonyl (C=O) groups is 1. The van der Waals surface area contributed by atoms with E-state index in [1.54, 1.807) is 6.07 Å². The highest BCUT2D eigenvalue weighted by Gasteiger charge is 2.17. The Kier molecular flexibility index (Phi) is 4.75. The molecule has 0 aromatic carbocycles. The molecular weight excluding hydrogens is 218 g/mol. The molecule has 1 unspecified atom stereocenters. The number of rotatable bonds is 6. The molecule has 1 aromatic heterocycles. The molecule has 4 nitrogen and oxygen atoms in total. The maximum Gasteiger partial charge on any atom is 0.371 e. The second-order valence-electron chi connectivity index (χ2n) is 4.32. The molecule has 0 fully saturated rings. The minimum Gasteiger partial charge on any atom is -0.475 e. The summed E-state index contributed by atoms with van der Waals surface area (Å²) in [5, 5.41) is 8.86. The van der Waals surface area contributed by atoms with Gasteiger partial charge in [-0.3, -0.25) is 4.90 Å². The van der Waals surface area contributed by atoms with E-state index in [2.05, 4.69) is 25.7 Å². The van der Waals surface area contributed by atoms with Gasteiger partial charge in [0.1, 0.15) is 5.76 Å². The van der Waals surface area contributed by atoms with E-state index < -0.39 is 5.97 Å². The van der Waals surface area contributed by atoms with Gasteiger partial charge < -0.3 is 9.52 Å². The van der Waals surface area contributed by atoms with Gasteiger partial charge in [0.25, 0.3) is 0 Å². The first-order chi connectivity index (χ1) is 7.99. The van der Waals surface area contributed by atoms with Crippen LogP contribution in [0.1, 0.15) is 49.1 Å². The van der Waals surface area contributed by atoms with Crippen LogP contribution in [0.3, 0.4) is 0 Å². The first-order valence-electron chi connectivity index (χ1n) is 6.06. The van der Waals surface area contributed by atoms with Crippen LogP contribution in [0.2, 0.25) is 0 Å². The summed E-state index contributed by atoms with van der Waals surface area (Å²) in [5.74, 6) is -0.284. The van der Waals surface area contributed by atoms with Gasteiger partial charge in [0, 0.05) is 18.2 Å². The van der Waals surface area contributed by atoms with Crippen LogP contribution in [-0.4, -0.2) is 28.6 Å². The van der Waals surface area contributed by atoms with Crippen molar-refractivity contribution in [2.75, 3.05) is 6.54 Å². The highest BCUT2D eigenvalue weighted by molar-refractivity contribution is 5.84. The molecule has 1 rings (SSSR count). The normalized spacial score (nSPS) is 13.0. The zero-order valence-electron chi connectivity index (χ0n) is 11.0. The lowest BCUT2D eigenvalue weighted by atomic mass is 10.1. The molecule has 0 aliphatic rings. The summed E-state index contributed by atoms with van der Waals surface area (Å²) >= 11 is 0. The Bertz CT molecular complexity index is 384. The number of furan rings is 1. The molecule has 0 radical (unpaired) electrons. The maximum atomic E-state index is 10.8. The van der Waals surface area contributed by atoms with Gasteiger partial charge in [0.05, 0.1) is 0 Å². The van der Waals surface area contributed by atoms with Crippen molar-refractivity contribution in [3.8, 4) is 0 Å².